The van der Waals surface area contributed by atoms with Crippen LogP contribution in [0.15, 0.2) is 6.07 Å². The highest BCUT2D eigenvalue weighted by atomic mass is 16.2. The van der Waals surface area contributed by atoms with Crippen LogP contribution in [-0.2, 0) is 20.9 Å². The lowest BCUT2D eigenvalue weighted by Gasteiger charge is -2.13. The van der Waals surface area contributed by atoms with Crippen LogP contribution in [-0.4, -0.2) is 45.5 Å². The predicted molar refractivity (Wildman–Crippen MR) is 70.7 cm³/mol. The van der Waals surface area contributed by atoms with Crippen LogP contribution in [0.25, 0.3) is 0 Å². The van der Waals surface area contributed by atoms with Crippen LogP contribution >= 0.6 is 0 Å². The SMILES string of the molecule is Cc1cc(C)n(CCNC(=O)CN2C(=O)CCC2=O)n1. The van der Waals surface area contributed by atoms with E-state index in [9.17, 15) is 14.4 Å². The number of nitrogens with one attached hydrogen (secondary N) is 1. The number of amides is 3. The molecule has 108 valence electrons. The summed E-state index contributed by atoms with van der Waals surface area (Å²) in [4.78, 5) is 35.4. The topological polar surface area (TPSA) is 84.3 Å². The van der Waals surface area contributed by atoms with Crippen LogP contribution in [0.1, 0.15) is 24.2 Å². The number of nitrogens with zero attached hydrogens (tertiary/aromatic N) is 3. The number of hydrogen-bond donors (Lipinski definition) is 1. The summed E-state index contributed by atoms with van der Waals surface area (Å²) in [7, 11) is 0. The zero-order chi connectivity index (χ0) is 14.7. The predicted octanol–water partition coefficient (Wildman–Crippen LogP) is -0.235. The molecule has 3 amide bonds. The van der Waals surface area contributed by atoms with Crippen molar-refractivity contribution in [2.24, 2.45) is 0 Å². The van der Waals surface area contributed by atoms with Gasteiger partial charge in [-0.3, -0.25) is 24.0 Å². The van der Waals surface area contributed by atoms with Gasteiger partial charge in [-0.2, -0.15) is 5.10 Å². The van der Waals surface area contributed by atoms with Gasteiger partial charge in [-0.15, -0.1) is 0 Å². The Kier molecular flexibility index (Phi) is 4.16. The van der Waals surface area contributed by atoms with Gasteiger partial charge in [0, 0.05) is 25.1 Å². The van der Waals surface area contributed by atoms with E-state index in [4.69, 9.17) is 0 Å². The second-order valence-electron chi connectivity index (χ2n) is 4.87. The molecule has 0 aliphatic carbocycles. The largest absolute Gasteiger partial charge is 0.353 e. The summed E-state index contributed by atoms with van der Waals surface area (Å²) in [6, 6.07) is 1.96. The van der Waals surface area contributed by atoms with Crippen LogP contribution in [0.2, 0.25) is 0 Å². The summed E-state index contributed by atoms with van der Waals surface area (Å²) in [5.41, 5.74) is 1.96. The van der Waals surface area contributed by atoms with E-state index in [1.165, 1.54) is 0 Å². The molecule has 1 aliphatic heterocycles. The van der Waals surface area contributed by atoms with E-state index in [1.54, 1.807) is 0 Å². The van der Waals surface area contributed by atoms with E-state index in [2.05, 4.69) is 10.4 Å². The smallest absolute Gasteiger partial charge is 0.240 e. The van der Waals surface area contributed by atoms with E-state index in [1.807, 2.05) is 24.6 Å². The van der Waals surface area contributed by atoms with Gasteiger partial charge in [0.25, 0.3) is 0 Å². The number of carbonyl (C=O) groups excluding carboxylic acids is 3. The average Bonchev–Trinajstić information content (AvgIpc) is 2.86. The van der Waals surface area contributed by atoms with Crippen LogP contribution in [0.4, 0.5) is 0 Å². The average molecular weight is 278 g/mol. The minimum Gasteiger partial charge on any atom is -0.353 e. The minimum absolute atomic E-state index is 0.186. The molecular formula is C13H18N4O3. The molecule has 0 spiro atoms. The number of rotatable bonds is 5. The maximum atomic E-state index is 11.7. The lowest BCUT2D eigenvalue weighted by atomic mass is 10.4. The van der Waals surface area contributed by atoms with Gasteiger partial charge in [0.15, 0.2) is 0 Å². The Bertz CT molecular complexity index is 534. The quantitative estimate of drug-likeness (QED) is 0.754. The molecule has 20 heavy (non-hydrogen) atoms. The molecule has 7 heteroatoms. The zero-order valence-electron chi connectivity index (χ0n) is 11.7. The molecule has 0 saturated carbocycles. The molecule has 2 heterocycles. The Balaban J connectivity index is 1.77. The summed E-state index contributed by atoms with van der Waals surface area (Å²) >= 11 is 0. The molecule has 1 aromatic heterocycles. The summed E-state index contributed by atoms with van der Waals surface area (Å²) in [6.07, 6.45) is 0.412. The van der Waals surface area contributed by atoms with Crippen LogP contribution in [0.5, 0.6) is 0 Å². The van der Waals surface area contributed by atoms with Gasteiger partial charge in [-0.25, -0.2) is 0 Å². The molecule has 0 atom stereocenters. The number of carbonyl (C=O) groups is 3. The molecule has 1 N–H and O–H groups in total. The van der Waals surface area contributed by atoms with Gasteiger partial charge in [-0.1, -0.05) is 0 Å². The second kappa shape index (κ2) is 5.85. The first-order valence-electron chi connectivity index (χ1n) is 6.58. The first-order chi connectivity index (χ1) is 9.47. The molecular weight excluding hydrogens is 260 g/mol. The van der Waals surface area contributed by atoms with E-state index in [0.29, 0.717) is 13.1 Å². The minimum atomic E-state index is -0.324. The van der Waals surface area contributed by atoms with Crippen molar-refractivity contribution in [1.29, 1.82) is 0 Å². The highest BCUT2D eigenvalue weighted by Crippen LogP contribution is 2.10. The Hall–Kier alpha value is -2.18. The van der Waals surface area contributed by atoms with Crippen molar-refractivity contribution in [1.82, 2.24) is 20.0 Å². The van der Waals surface area contributed by atoms with Crippen molar-refractivity contribution in [3.63, 3.8) is 0 Å². The normalized spacial score (nSPS) is 15.0. The number of aromatic nitrogens is 2. The second-order valence-corrected chi connectivity index (χ2v) is 4.87. The van der Waals surface area contributed by atoms with Gasteiger partial charge >= 0.3 is 0 Å². The molecule has 1 aromatic rings. The third-order valence-electron chi connectivity index (χ3n) is 3.21. The number of imide groups is 1. The van der Waals surface area contributed by atoms with Crippen molar-refractivity contribution in [2.45, 2.75) is 33.2 Å². The fraction of sp³-hybridized carbons (Fsp3) is 0.538. The monoisotopic (exact) mass is 278 g/mol. The number of likely N-dealkylation sites (tertiary alicyclic amines) is 1. The third-order valence-corrected chi connectivity index (χ3v) is 3.21. The third kappa shape index (κ3) is 3.23. The number of hydrogen-bond acceptors (Lipinski definition) is 4. The van der Waals surface area contributed by atoms with Gasteiger partial charge in [0.1, 0.15) is 6.54 Å². The van der Waals surface area contributed by atoms with Gasteiger partial charge in [0.05, 0.1) is 12.2 Å². The molecule has 0 bridgehead atoms. The number of aryl methyl sites for hydroxylation is 2. The molecule has 0 aromatic carbocycles. The van der Waals surface area contributed by atoms with E-state index in [0.717, 1.165) is 16.3 Å². The van der Waals surface area contributed by atoms with E-state index >= 15 is 0 Å². The summed E-state index contributed by atoms with van der Waals surface area (Å²) in [5, 5.41) is 6.97. The lowest BCUT2D eigenvalue weighted by molar-refractivity contribution is -0.142. The highest BCUT2D eigenvalue weighted by Gasteiger charge is 2.30. The van der Waals surface area contributed by atoms with Gasteiger partial charge in [0.2, 0.25) is 17.7 Å². The molecule has 0 unspecified atom stereocenters. The van der Waals surface area contributed by atoms with Crippen molar-refractivity contribution in [3.05, 3.63) is 17.5 Å². The van der Waals surface area contributed by atoms with Crippen molar-refractivity contribution in [2.75, 3.05) is 13.1 Å². The lowest BCUT2D eigenvalue weighted by Crippen LogP contribution is -2.40. The molecule has 2 rings (SSSR count). The summed E-state index contributed by atoms with van der Waals surface area (Å²) in [6.45, 7) is 4.65. The highest BCUT2D eigenvalue weighted by molar-refractivity contribution is 6.04. The first-order valence-corrected chi connectivity index (χ1v) is 6.58. The van der Waals surface area contributed by atoms with Crippen molar-refractivity contribution < 1.29 is 14.4 Å². The van der Waals surface area contributed by atoms with Gasteiger partial charge in [-0.05, 0) is 19.9 Å². The Morgan fingerprint density at radius 1 is 1.30 bits per heavy atom. The molecule has 1 aliphatic rings. The molecule has 1 fully saturated rings. The fourth-order valence-corrected chi connectivity index (χ4v) is 2.20. The molecule has 7 nitrogen and oxygen atoms in total. The Morgan fingerprint density at radius 2 is 1.95 bits per heavy atom. The maximum Gasteiger partial charge on any atom is 0.240 e. The standard InChI is InChI=1S/C13H18N4O3/c1-9-7-10(2)17(15-9)6-5-14-11(18)8-16-12(19)3-4-13(16)20/h7H,3-6,8H2,1-2H3,(H,14,18). The molecule has 0 radical (unpaired) electrons. The Labute approximate surface area is 116 Å². The first kappa shape index (κ1) is 14.2. The van der Waals surface area contributed by atoms with Crippen LogP contribution < -0.4 is 5.32 Å². The Morgan fingerprint density at radius 3 is 2.50 bits per heavy atom. The van der Waals surface area contributed by atoms with Gasteiger partial charge < -0.3 is 5.32 Å². The zero-order valence-corrected chi connectivity index (χ0v) is 11.7. The van der Waals surface area contributed by atoms with Crippen molar-refractivity contribution in [3.8, 4) is 0 Å². The summed E-state index contributed by atoms with van der Waals surface area (Å²) < 4.78 is 1.81. The summed E-state index contributed by atoms with van der Waals surface area (Å²) in [5.74, 6) is -0.873. The molecule has 1 saturated heterocycles. The van der Waals surface area contributed by atoms with Crippen molar-refractivity contribution >= 4 is 17.7 Å². The fourth-order valence-electron chi connectivity index (χ4n) is 2.20. The maximum absolute atomic E-state index is 11.7. The van der Waals surface area contributed by atoms with E-state index in [-0.39, 0.29) is 37.1 Å². The van der Waals surface area contributed by atoms with E-state index < -0.39 is 0 Å². The van der Waals surface area contributed by atoms with Crippen LogP contribution in [0, 0.1) is 13.8 Å². The van der Waals surface area contributed by atoms with Crippen LogP contribution in [0.3, 0.4) is 0 Å².